The van der Waals surface area contributed by atoms with Crippen LogP contribution in [0.3, 0.4) is 0 Å². The first-order valence-corrected chi connectivity index (χ1v) is 13.9. The van der Waals surface area contributed by atoms with Crippen LogP contribution in [0.15, 0.2) is 88.9 Å². The minimum Gasteiger partial charge on any atom is -0.371 e. The van der Waals surface area contributed by atoms with Crippen LogP contribution in [0.25, 0.3) is 32.4 Å². The van der Waals surface area contributed by atoms with E-state index in [4.69, 9.17) is 6.57 Å². The smallest absolute Gasteiger partial charge is 0.263 e. The van der Waals surface area contributed by atoms with Gasteiger partial charge in [0.2, 0.25) is 5.69 Å². The van der Waals surface area contributed by atoms with E-state index in [1.54, 1.807) is 23.6 Å². The number of fused-ring (bicyclic) bond motifs is 1. The third-order valence-corrected chi connectivity index (χ3v) is 7.31. The summed E-state index contributed by atoms with van der Waals surface area (Å²) in [4.78, 5) is 30.3. The molecule has 10 heteroatoms. The Bertz CT molecular complexity index is 1930. The first kappa shape index (κ1) is 25.8. The molecule has 0 saturated carbocycles. The monoisotopic (exact) mass is 536 g/mol. The predicted molar refractivity (Wildman–Crippen MR) is 151 cm³/mol. The van der Waals surface area contributed by atoms with Crippen molar-refractivity contribution in [3.8, 4) is 16.8 Å². The van der Waals surface area contributed by atoms with E-state index >= 15 is 0 Å². The number of benzene rings is 2. The normalized spacial score (nSPS) is 12.2. The van der Waals surface area contributed by atoms with Crippen LogP contribution in [-0.4, -0.2) is 34.2 Å². The van der Waals surface area contributed by atoms with E-state index in [0.717, 1.165) is 6.26 Å². The number of anilines is 1. The van der Waals surface area contributed by atoms with Gasteiger partial charge >= 0.3 is 0 Å². The highest BCUT2D eigenvalue weighted by atomic mass is 32.2. The fourth-order valence-corrected chi connectivity index (χ4v) is 5.09. The van der Waals surface area contributed by atoms with Crippen molar-refractivity contribution >= 4 is 32.1 Å². The third-order valence-electron chi connectivity index (χ3n) is 6.32. The summed E-state index contributed by atoms with van der Waals surface area (Å²) in [5.41, 5.74) is 2.52. The average molecular weight is 537 g/mol. The molecule has 0 aliphatic heterocycles. The Hall–Kier alpha value is -4.88. The maximum atomic E-state index is 14.3. The van der Waals surface area contributed by atoms with E-state index in [1.165, 1.54) is 18.5 Å². The third kappa shape index (κ3) is 5.00. The summed E-state index contributed by atoms with van der Waals surface area (Å²) in [6.07, 6.45) is 4.00. The van der Waals surface area contributed by atoms with Gasteiger partial charge in [-0.25, -0.2) is 23.2 Å². The molecular formula is C29H24N6O3S. The second-order valence-electron chi connectivity index (χ2n) is 9.10. The summed E-state index contributed by atoms with van der Waals surface area (Å²) in [5.74, 6) is 0.905. The highest BCUT2D eigenvalue weighted by Gasteiger charge is 2.20. The highest BCUT2D eigenvalue weighted by Crippen LogP contribution is 2.32. The van der Waals surface area contributed by atoms with Crippen LogP contribution in [0, 0.1) is 13.5 Å². The molecule has 194 valence electrons. The molecule has 9 nitrogen and oxygen atoms in total. The van der Waals surface area contributed by atoms with Crippen LogP contribution in [0.2, 0.25) is 0 Å². The van der Waals surface area contributed by atoms with E-state index in [0.29, 0.717) is 44.9 Å². The molecule has 2 aromatic carbocycles. The molecular weight excluding hydrogens is 512 g/mol. The van der Waals surface area contributed by atoms with E-state index in [-0.39, 0.29) is 16.3 Å². The summed E-state index contributed by atoms with van der Waals surface area (Å²) < 4.78 is 26.0. The quantitative estimate of drug-likeness (QED) is 0.294. The average Bonchev–Trinajstić information content (AvgIpc) is 2.93. The topological polar surface area (TPSA) is 111 Å². The number of nitrogens with zero attached hydrogens (tertiary/aromatic N) is 5. The Balaban J connectivity index is 1.76. The molecule has 3 aromatic heterocycles. The maximum absolute atomic E-state index is 14.3. The van der Waals surface area contributed by atoms with Crippen molar-refractivity contribution in [2.45, 2.75) is 24.9 Å². The van der Waals surface area contributed by atoms with Gasteiger partial charge in [-0.05, 0) is 60.7 Å². The summed E-state index contributed by atoms with van der Waals surface area (Å²) in [6, 6.07) is 19.4. The Morgan fingerprint density at radius 3 is 2.51 bits per heavy atom. The van der Waals surface area contributed by atoms with Gasteiger partial charge < -0.3 is 5.32 Å². The largest absolute Gasteiger partial charge is 0.371 e. The first-order chi connectivity index (χ1) is 18.7. The molecule has 0 aliphatic rings. The van der Waals surface area contributed by atoms with Crippen molar-refractivity contribution < 1.29 is 8.42 Å². The molecule has 5 rings (SSSR count). The number of sulfone groups is 1. The van der Waals surface area contributed by atoms with Gasteiger partial charge in [-0.15, -0.1) is 0 Å². The van der Waals surface area contributed by atoms with Gasteiger partial charge in [-0.1, -0.05) is 36.4 Å². The number of para-hydroxylation sites is 1. The second-order valence-corrected chi connectivity index (χ2v) is 11.1. The summed E-state index contributed by atoms with van der Waals surface area (Å²) >= 11 is 0. The molecule has 0 aliphatic carbocycles. The van der Waals surface area contributed by atoms with E-state index in [2.05, 4.69) is 25.1 Å². The van der Waals surface area contributed by atoms with Crippen molar-refractivity contribution in [1.29, 1.82) is 0 Å². The van der Waals surface area contributed by atoms with Crippen LogP contribution in [0.1, 0.15) is 24.5 Å². The van der Waals surface area contributed by atoms with Gasteiger partial charge in [0.05, 0.1) is 18.0 Å². The lowest BCUT2D eigenvalue weighted by Gasteiger charge is -2.22. The fourth-order valence-electron chi connectivity index (χ4n) is 4.50. The van der Waals surface area contributed by atoms with Crippen molar-refractivity contribution in [2.24, 2.45) is 0 Å². The van der Waals surface area contributed by atoms with Gasteiger partial charge in [-0.2, -0.15) is 0 Å². The fraction of sp³-hybridized carbons (Fsp3) is 0.138. The molecule has 0 radical (unpaired) electrons. The number of aromatic nitrogens is 4. The summed E-state index contributed by atoms with van der Waals surface area (Å²) in [7, 11) is -3.54. The molecule has 5 aromatic rings. The number of rotatable bonds is 6. The molecule has 0 bridgehead atoms. The molecule has 0 amide bonds. The Kier molecular flexibility index (Phi) is 6.68. The summed E-state index contributed by atoms with van der Waals surface area (Å²) in [5, 5.41) is 4.36. The van der Waals surface area contributed by atoms with E-state index < -0.39 is 15.9 Å². The van der Waals surface area contributed by atoms with Crippen molar-refractivity contribution in [1.82, 2.24) is 19.5 Å². The summed E-state index contributed by atoms with van der Waals surface area (Å²) in [6.45, 7) is 11.1. The van der Waals surface area contributed by atoms with Crippen LogP contribution in [-0.2, 0) is 9.84 Å². The van der Waals surface area contributed by atoms with Gasteiger partial charge in [0, 0.05) is 30.0 Å². The second kappa shape index (κ2) is 10.1. The van der Waals surface area contributed by atoms with Crippen LogP contribution in [0.4, 0.5) is 11.5 Å². The Morgan fingerprint density at radius 2 is 1.79 bits per heavy atom. The van der Waals surface area contributed by atoms with Gasteiger partial charge in [0.1, 0.15) is 11.6 Å². The van der Waals surface area contributed by atoms with Crippen molar-refractivity contribution in [2.75, 3.05) is 11.6 Å². The maximum Gasteiger partial charge on any atom is 0.263 e. The van der Waals surface area contributed by atoms with Gasteiger partial charge in [0.25, 0.3) is 5.56 Å². The van der Waals surface area contributed by atoms with Gasteiger partial charge in [-0.3, -0.25) is 14.3 Å². The highest BCUT2D eigenvalue weighted by molar-refractivity contribution is 7.90. The molecule has 39 heavy (non-hydrogen) atoms. The van der Waals surface area contributed by atoms with Crippen LogP contribution < -0.4 is 10.9 Å². The van der Waals surface area contributed by atoms with Crippen molar-refractivity contribution in [3.63, 3.8) is 0 Å². The SMILES string of the molecule is [C-]#[N+]c1cnc(C)nc1N[C@@H](C)c1cc2cccc(-c3ccnc(S(C)(=O)=O)c3)c2c(=O)n1-c1ccccc1. The predicted octanol–water partition coefficient (Wildman–Crippen LogP) is 5.28. The molecule has 0 saturated heterocycles. The molecule has 1 N–H and O–H groups in total. The number of pyridine rings is 2. The molecule has 3 heterocycles. The van der Waals surface area contributed by atoms with Crippen molar-refractivity contribution in [3.05, 3.63) is 112 Å². The van der Waals surface area contributed by atoms with E-state index in [9.17, 15) is 13.2 Å². The van der Waals surface area contributed by atoms with Crippen LogP contribution in [0.5, 0.6) is 0 Å². The molecule has 0 fully saturated rings. The zero-order valence-electron chi connectivity index (χ0n) is 21.5. The lowest BCUT2D eigenvalue weighted by atomic mass is 9.98. The number of nitrogens with one attached hydrogen (secondary N) is 1. The Labute approximate surface area is 225 Å². The lowest BCUT2D eigenvalue weighted by molar-refractivity contribution is 0.598. The van der Waals surface area contributed by atoms with Gasteiger partial charge in [0.15, 0.2) is 14.9 Å². The first-order valence-electron chi connectivity index (χ1n) is 12.1. The van der Waals surface area contributed by atoms with E-state index in [1.807, 2.05) is 55.5 Å². The molecule has 0 unspecified atom stereocenters. The Morgan fingerprint density at radius 1 is 1.03 bits per heavy atom. The number of hydrogen-bond acceptors (Lipinski definition) is 7. The number of aryl methyl sites for hydroxylation is 1. The standard InChI is InChI=1S/C29H24N6O3S/c1-18(33-28-24(30-3)17-32-19(2)34-28)25-15-21-9-8-12-23(20-13-14-31-26(16-20)39(4,37)38)27(21)29(36)35(25)22-10-6-5-7-11-22/h5-18H,1-2,4H3,(H,32,33,34)/t18-/m0/s1. The molecule has 1 atom stereocenters. The minimum atomic E-state index is -3.54. The zero-order chi connectivity index (χ0) is 27.7. The zero-order valence-corrected chi connectivity index (χ0v) is 22.3. The van der Waals surface area contributed by atoms with Crippen LogP contribution >= 0.6 is 0 Å². The minimum absolute atomic E-state index is 0.0643. The number of hydrogen-bond donors (Lipinski definition) is 1. The lowest BCUT2D eigenvalue weighted by Crippen LogP contribution is -2.26. The molecule has 0 spiro atoms.